The summed E-state index contributed by atoms with van der Waals surface area (Å²) >= 11 is 0. The van der Waals surface area contributed by atoms with Crippen molar-refractivity contribution in [1.29, 1.82) is 0 Å². The van der Waals surface area contributed by atoms with Crippen molar-refractivity contribution in [1.82, 2.24) is 9.38 Å². The zero-order valence-corrected chi connectivity index (χ0v) is 31.0. The van der Waals surface area contributed by atoms with E-state index in [0.29, 0.717) is 0 Å². The summed E-state index contributed by atoms with van der Waals surface area (Å²) in [5, 5.41) is 7.84. The molecule has 4 aliphatic rings. The van der Waals surface area contributed by atoms with Crippen molar-refractivity contribution in [3.8, 4) is 44.6 Å². The molecule has 0 unspecified atom stereocenters. The Bertz CT molecular complexity index is 2830. The zero-order chi connectivity index (χ0) is 36.1. The molecule has 264 valence electrons. The van der Waals surface area contributed by atoms with Gasteiger partial charge in [0.2, 0.25) is 0 Å². The fourth-order valence-electron chi connectivity index (χ4n) is 11.8. The monoisotopic (exact) mass is 706 g/mol. The molecule has 2 aromatic heterocycles. The lowest BCUT2D eigenvalue weighted by Crippen LogP contribution is -2.48. The van der Waals surface area contributed by atoms with Gasteiger partial charge in [0.1, 0.15) is 5.65 Å². The van der Waals surface area contributed by atoms with Crippen LogP contribution in [-0.4, -0.2) is 9.38 Å². The van der Waals surface area contributed by atoms with Gasteiger partial charge in [0, 0.05) is 18.0 Å². The predicted octanol–water partition coefficient (Wildman–Crippen LogP) is 13.9. The molecule has 4 bridgehead atoms. The van der Waals surface area contributed by atoms with Crippen molar-refractivity contribution in [3.05, 3.63) is 170 Å². The first-order chi connectivity index (χ1) is 27.2. The van der Waals surface area contributed by atoms with Gasteiger partial charge in [-0.2, -0.15) is 0 Å². The normalized spacial score (nSPS) is 21.6. The molecule has 0 radical (unpaired) electrons. The van der Waals surface area contributed by atoms with Gasteiger partial charge in [0.25, 0.3) is 0 Å². The van der Waals surface area contributed by atoms with Gasteiger partial charge in [0.05, 0.1) is 5.69 Å². The van der Waals surface area contributed by atoms with Crippen molar-refractivity contribution < 1.29 is 0 Å². The summed E-state index contributed by atoms with van der Waals surface area (Å²) in [5.41, 5.74) is 12.8. The lowest BCUT2D eigenvalue weighted by atomic mass is 9.48. The minimum absolute atomic E-state index is 0.276. The Hall–Kier alpha value is -5.99. The molecule has 13 rings (SSSR count). The summed E-state index contributed by atoms with van der Waals surface area (Å²) in [6, 6.07) is 57.0. The quantitative estimate of drug-likeness (QED) is 0.163. The molecule has 0 spiro atoms. The number of rotatable bonds is 5. The van der Waals surface area contributed by atoms with E-state index in [-0.39, 0.29) is 5.41 Å². The number of hydrogen-bond donors (Lipinski definition) is 0. The van der Waals surface area contributed by atoms with Gasteiger partial charge in [-0.1, -0.05) is 133 Å². The summed E-state index contributed by atoms with van der Waals surface area (Å²) in [6.07, 6.45) is 12.6. The van der Waals surface area contributed by atoms with Gasteiger partial charge >= 0.3 is 0 Å². The van der Waals surface area contributed by atoms with Crippen LogP contribution in [0.3, 0.4) is 0 Å². The average Bonchev–Trinajstić information content (AvgIpc) is 3.67. The molecule has 0 saturated heterocycles. The molecule has 7 aromatic carbocycles. The van der Waals surface area contributed by atoms with Gasteiger partial charge in [-0.3, -0.25) is 0 Å². The first kappa shape index (κ1) is 31.4. The van der Waals surface area contributed by atoms with E-state index in [1.54, 1.807) is 5.56 Å². The van der Waals surface area contributed by atoms with Crippen molar-refractivity contribution in [2.24, 2.45) is 17.8 Å². The molecule has 0 aliphatic heterocycles. The molecule has 0 amide bonds. The van der Waals surface area contributed by atoms with Gasteiger partial charge in [-0.05, 0) is 151 Å². The van der Waals surface area contributed by atoms with Crippen LogP contribution in [0.2, 0.25) is 0 Å². The molecule has 4 fully saturated rings. The molecule has 4 aliphatic carbocycles. The van der Waals surface area contributed by atoms with Crippen LogP contribution in [0.25, 0.3) is 82.6 Å². The Kier molecular flexibility index (Phi) is 6.85. The number of nitrogens with zero attached hydrogens (tertiary/aromatic N) is 2. The van der Waals surface area contributed by atoms with Crippen LogP contribution in [0.15, 0.2) is 164 Å². The maximum Gasteiger partial charge on any atom is 0.137 e. The van der Waals surface area contributed by atoms with Crippen LogP contribution in [0.1, 0.15) is 44.1 Å². The Balaban J connectivity index is 1.08. The Morgan fingerprint density at radius 2 is 1.02 bits per heavy atom. The molecule has 0 atom stereocenters. The van der Waals surface area contributed by atoms with Crippen molar-refractivity contribution >= 4 is 38.0 Å². The fourth-order valence-corrected chi connectivity index (χ4v) is 11.8. The maximum absolute atomic E-state index is 4.91. The van der Waals surface area contributed by atoms with Crippen LogP contribution in [0.4, 0.5) is 0 Å². The lowest BCUT2D eigenvalue weighted by molar-refractivity contribution is -0.00515. The molecular formula is C53H42N2. The number of aromatic nitrogens is 2. The molecular weight excluding hydrogens is 665 g/mol. The minimum atomic E-state index is 0.276. The highest BCUT2D eigenvalue weighted by Gasteiger charge is 2.51. The summed E-state index contributed by atoms with van der Waals surface area (Å²) < 4.78 is 2.09. The second-order valence-electron chi connectivity index (χ2n) is 17.0. The second-order valence-corrected chi connectivity index (χ2v) is 17.0. The van der Waals surface area contributed by atoms with Crippen molar-refractivity contribution in [3.63, 3.8) is 0 Å². The van der Waals surface area contributed by atoms with E-state index in [9.17, 15) is 0 Å². The van der Waals surface area contributed by atoms with Crippen LogP contribution in [-0.2, 0) is 5.41 Å². The number of hydrogen-bond acceptors (Lipinski definition) is 1. The van der Waals surface area contributed by atoms with Crippen LogP contribution < -0.4 is 0 Å². The first-order valence-electron chi connectivity index (χ1n) is 20.3. The van der Waals surface area contributed by atoms with Crippen LogP contribution in [0.5, 0.6) is 0 Å². The molecule has 9 aromatic rings. The van der Waals surface area contributed by atoms with E-state index in [1.165, 1.54) is 104 Å². The molecule has 0 N–H and O–H groups in total. The Morgan fingerprint density at radius 1 is 0.473 bits per heavy atom. The van der Waals surface area contributed by atoms with E-state index in [4.69, 9.17) is 4.98 Å². The van der Waals surface area contributed by atoms with Gasteiger partial charge in [-0.15, -0.1) is 0 Å². The third kappa shape index (κ3) is 4.97. The molecule has 2 nitrogen and oxygen atoms in total. The summed E-state index contributed by atoms with van der Waals surface area (Å²) in [5.74, 6) is 2.66. The smallest absolute Gasteiger partial charge is 0.137 e. The van der Waals surface area contributed by atoms with E-state index in [1.807, 2.05) is 12.1 Å². The van der Waals surface area contributed by atoms with Gasteiger partial charge < -0.3 is 4.40 Å². The van der Waals surface area contributed by atoms with Crippen LogP contribution >= 0.6 is 0 Å². The summed E-state index contributed by atoms with van der Waals surface area (Å²) in [4.78, 5) is 4.91. The third-order valence-corrected chi connectivity index (χ3v) is 13.7. The number of benzene rings is 7. The predicted molar refractivity (Wildman–Crippen MR) is 229 cm³/mol. The van der Waals surface area contributed by atoms with Crippen LogP contribution in [0, 0.1) is 17.8 Å². The molecule has 2 heterocycles. The highest BCUT2D eigenvalue weighted by atomic mass is 15.0. The van der Waals surface area contributed by atoms with E-state index in [0.717, 1.165) is 34.7 Å². The number of imidazole rings is 1. The lowest BCUT2D eigenvalue weighted by Gasteiger charge is -2.57. The summed E-state index contributed by atoms with van der Waals surface area (Å²) in [7, 11) is 0. The highest BCUT2D eigenvalue weighted by molar-refractivity contribution is 6.21. The standard InChI is InChI=1S/C53H42N2/c1-2-12-43-37(10-1)11-9-17-44(43)40-27-41(29-42(28-40)53-30-34-24-35(31-53)26-36(25-34)32-53)52-47-15-5-3-13-45(47)51(46-14-4-6-16-48(46)52)39-21-19-38(20-22-39)49-33-55-23-8-7-18-50(55)54-49/h1-23,27-29,33-36H,24-26,30-32H2. The first-order valence-corrected chi connectivity index (χ1v) is 20.3. The number of fused-ring (bicyclic) bond motifs is 4. The van der Waals surface area contributed by atoms with Gasteiger partial charge in [0.15, 0.2) is 0 Å². The van der Waals surface area contributed by atoms with E-state index >= 15 is 0 Å². The van der Waals surface area contributed by atoms with Crippen molar-refractivity contribution in [2.75, 3.05) is 0 Å². The highest BCUT2D eigenvalue weighted by Crippen LogP contribution is 2.61. The third-order valence-electron chi connectivity index (χ3n) is 13.7. The zero-order valence-electron chi connectivity index (χ0n) is 31.0. The molecule has 2 heteroatoms. The molecule has 55 heavy (non-hydrogen) atoms. The Morgan fingerprint density at radius 3 is 1.67 bits per heavy atom. The minimum Gasteiger partial charge on any atom is -0.306 e. The van der Waals surface area contributed by atoms with Crippen molar-refractivity contribution in [2.45, 2.75) is 43.9 Å². The maximum atomic E-state index is 4.91. The van der Waals surface area contributed by atoms with Gasteiger partial charge in [-0.25, -0.2) is 4.98 Å². The van der Waals surface area contributed by atoms with E-state index in [2.05, 4.69) is 156 Å². The largest absolute Gasteiger partial charge is 0.306 e. The second kappa shape index (κ2) is 12.0. The Labute approximate surface area is 322 Å². The topological polar surface area (TPSA) is 17.3 Å². The number of pyridine rings is 1. The average molecular weight is 707 g/mol. The van der Waals surface area contributed by atoms with E-state index < -0.39 is 0 Å². The SMILES string of the molecule is c1ccc2c(-c3cc(-c4c5ccccc5c(-c5ccc(-c6cn7ccccc7n6)cc5)c5ccccc45)cc(C45CC6CC(CC(C6)C4)C5)c3)cccc2c1. The molecule has 4 saturated carbocycles. The fraction of sp³-hybridized carbons (Fsp3) is 0.189. The summed E-state index contributed by atoms with van der Waals surface area (Å²) in [6.45, 7) is 0.